The van der Waals surface area contributed by atoms with E-state index in [1.54, 1.807) is 18.2 Å². The number of nitrogens with one attached hydrogen (secondary N) is 2. The molecule has 0 bridgehead atoms. The number of rotatable bonds is 2. The first-order valence-electron chi connectivity index (χ1n) is 6.39. The molecular formula is C14H9N5O2S. The molecule has 0 spiro atoms. The van der Waals surface area contributed by atoms with Gasteiger partial charge < -0.3 is 4.98 Å². The average molecular weight is 311 g/mol. The number of benzene rings is 1. The summed E-state index contributed by atoms with van der Waals surface area (Å²) in [4.78, 5) is 15.3. The molecule has 8 heteroatoms. The molecule has 108 valence electrons. The summed E-state index contributed by atoms with van der Waals surface area (Å²) in [6.45, 7) is 0. The topological polar surface area (TPSA) is 111 Å². The van der Waals surface area contributed by atoms with Gasteiger partial charge in [-0.15, -0.1) is 0 Å². The lowest BCUT2D eigenvalue weighted by atomic mass is 10.3. The van der Waals surface area contributed by atoms with Gasteiger partial charge in [0.05, 0.1) is 16.6 Å². The lowest BCUT2D eigenvalue weighted by Gasteiger charge is -2.01. The van der Waals surface area contributed by atoms with Crippen LogP contribution in [-0.4, -0.2) is 24.3 Å². The van der Waals surface area contributed by atoms with Gasteiger partial charge in [0.15, 0.2) is 0 Å². The quantitative estimate of drug-likeness (QED) is 0.722. The Morgan fingerprint density at radius 3 is 2.64 bits per heavy atom. The van der Waals surface area contributed by atoms with Crippen molar-refractivity contribution in [1.82, 2.24) is 9.97 Å². The van der Waals surface area contributed by atoms with Crippen molar-refractivity contribution in [3.05, 3.63) is 53.4 Å². The molecule has 1 aliphatic rings. The van der Waals surface area contributed by atoms with Crippen LogP contribution in [0.15, 0.2) is 62.5 Å². The van der Waals surface area contributed by atoms with E-state index in [4.69, 9.17) is 5.41 Å². The Kier molecular flexibility index (Phi) is 2.52. The van der Waals surface area contributed by atoms with Gasteiger partial charge in [-0.25, -0.2) is 18.4 Å². The maximum Gasteiger partial charge on any atom is 0.243 e. The van der Waals surface area contributed by atoms with Crippen molar-refractivity contribution in [2.75, 3.05) is 0 Å². The molecule has 0 radical (unpaired) electrons. The van der Waals surface area contributed by atoms with Gasteiger partial charge in [0, 0.05) is 6.20 Å². The number of guanidine groups is 1. The molecule has 1 aliphatic heterocycles. The van der Waals surface area contributed by atoms with E-state index in [-0.39, 0.29) is 15.8 Å². The Morgan fingerprint density at radius 2 is 1.86 bits per heavy atom. The summed E-state index contributed by atoms with van der Waals surface area (Å²) >= 11 is 0. The number of sulfone groups is 1. The van der Waals surface area contributed by atoms with Gasteiger partial charge in [-0.1, -0.05) is 18.2 Å². The van der Waals surface area contributed by atoms with Crippen LogP contribution in [0, 0.1) is 5.41 Å². The number of hydrogen-bond acceptors (Lipinski definition) is 4. The van der Waals surface area contributed by atoms with Crippen LogP contribution in [0.5, 0.6) is 0 Å². The minimum Gasteiger partial charge on any atom is -0.357 e. The highest BCUT2D eigenvalue weighted by molar-refractivity contribution is 7.91. The predicted octanol–water partition coefficient (Wildman–Crippen LogP) is 0.583. The van der Waals surface area contributed by atoms with Crippen LogP contribution in [0.3, 0.4) is 0 Å². The van der Waals surface area contributed by atoms with E-state index in [2.05, 4.69) is 20.0 Å². The zero-order chi connectivity index (χ0) is 15.3. The zero-order valence-corrected chi connectivity index (χ0v) is 11.9. The van der Waals surface area contributed by atoms with Crippen molar-refractivity contribution >= 4 is 26.8 Å². The fraction of sp³-hybridized carbons (Fsp3) is 0. The number of pyridine rings is 1. The molecule has 0 atom stereocenters. The Balaban J connectivity index is 2.04. The lowest BCUT2D eigenvalue weighted by Crippen LogP contribution is -2.23. The normalized spacial score (nSPS) is 13.7. The highest BCUT2D eigenvalue weighted by Crippen LogP contribution is 2.25. The average Bonchev–Trinajstić information content (AvgIpc) is 3.10. The molecule has 4 rings (SSSR count). The van der Waals surface area contributed by atoms with E-state index in [0.29, 0.717) is 21.7 Å². The van der Waals surface area contributed by atoms with Gasteiger partial charge in [0.1, 0.15) is 21.1 Å². The van der Waals surface area contributed by atoms with Crippen molar-refractivity contribution in [3.63, 3.8) is 0 Å². The molecule has 1 aromatic carbocycles. The highest BCUT2D eigenvalue weighted by atomic mass is 32.2. The summed E-state index contributed by atoms with van der Waals surface area (Å²) in [5.74, 6) is -0.119. The number of nitrogens with zero attached hydrogens (tertiary/aromatic N) is 3. The van der Waals surface area contributed by atoms with E-state index >= 15 is 0 Å². The van der Waals surface area contributed by atoms with Crippen LogP contribution in [0.2, 0.25) is 0 Å². The van der Waals surface area contributed by atoms with Crippen LogP contribution in [0.25, 0.3) is 11.0 Å². The van der Waals surface area contributed by atoms with E-state index in [1.165, 1.54) is 24.5 Å². The van der Waals surface area contributed by atoms with Crippen LogP contribution >= 0.6 is 0 Å². The summed E-state index contributed by atoms with van der Waals surface area (Å²) in [6, 6.07) is 8.17. The molecule has 0 saturated heterocycles. The smallest absolute Gasteiger partial charge is 0.243 e. The third-order valence-corrected chi connectivity index (χ3v) is 5.18. The Morgan fingerprint density at radius 1 is 1.09 bits per heavy atom. The van der Waals surface area contributed by atoms with Gasteiger partial charge >= 0.3 is 0 Å². The molecule has 3 heterocycles. The molecule has 2 N–H and O–H groups in total. The second-order valence-electron chi connectivity index (χ2n) is 4.73. The molecule has 0 fully saturated rings. The van der Waals surface area contributed by atoms with Crippen LogP contribution in [0.1, 0.15) is 0 Å². The van der Waals surface area contributed by atoms with Gasteiger partial charge in [0.25, 0.3) is 0 Å². The maximum absolute atomic E-state index is 12.7. The highest BCUT2D eigenvalue weighted by Gasteiger charge is 2.23. The number of aromatic amines is 1. The number of hydrogen-bond donors (Lipinski definition) is 2. The molecule has 0 saturated carbocycles. The van der Waals surface area contributed by atoms with E-state index < -0.39 is 9.84 Å². The fourth-order valence-corrected chi connectivity index (χ4v) is 3.79. The number of aromatic nitrogens is 2. The maximum atomic E-state index is 12.7. The minimum absolute atomic E-state index is 0.0881. The molecule has 0 aliphatic carbocycles. The van der Waals surface area contributed by atoms with Crippen LogP contribution in [-0.2, 0) is 9.84 Å². The fourth-order valence-electron chi connectivity index (χ4n) is 2.39. The summed E-state index contributed by atoms with van der Waals surface area (Å²) in [5, 5.41) is 8.39. The van der Waals surface area contributed by atoms with Crippen molar-refractivity contribution < 1.29 is 8.42 Å². The number of H-pyrrole nitrogens is 1. The second-order valence-corrected chi connectivity index (χ2v) is 6.65. The Hall–Kier alpha value is -2.87. The van der Waals surface area contributed by atoms with Gasteiger partial charge in [-0.2, -0.15) is 0 Å². The summed E-state index contributed by atoms with van der Waals surface area (Å²) < 4.78 is 25.4. The summed E-state index contributed by atoms with van der Waals surface area (Å²) in [7, 11) is -3.67. The Bertz CT molecular complexity index is 1150. The molecule has 2 aromatic heterocycles. The molecular weight excluding hydrogens is 302 g/mol. The summed E-state index contributed by atoms with van der Waals surface area (Å²) in [5.41, 5.74) is 0.772. The predicted molar refractivity (Wildman–Crippen MR) is 78.0 cm³/mol. The third kappa shape index (κ3) is 1.70. The van der Waals surface area contributed by atoms with E-state index in [1.807, 2.05) is 0 Å². The first kappa shape index (κ1) is 12.8. The lowest BCUT2D eigenvalue weighted by molar-refractivity contribution is 0.597. The zero-order valence-electron chi connectivity index (χ0n) is 11.1. The third-order valence-electron chi connectivity index (χ3n) is 3.40. The SMILES string of the molecule is N=C1N=c2cnc3c(S(=O)(=O)c4ccccc4)c[nH]c3c2=N1. The molecule has 22 heavy (non-hydrogen) atoms. The van der Waals surface area contributed by atoms with Crippen molar-refractivity contribution in [2.45, 2.75) is 9.79 Å². The molecule has 0 unspecified atom stereocenters. The molecule has 3 aromatic rings. The van der Waals surface area contributed by atoms with E-state index in [9.17, 15) is 8.42 Å². The van der Waals surface area contributed by atoms with Crippen molar-refractivity contribution in [1.29, 1.82) is 5.41 Å². The summed E-state index contributed by atoms with van der Waals surface area (Å²) in [6.07, 6.45) is 2.83. The molecule has 7 nitrogen and oxygen atoms in total. The minimum atomic E-state index is -3.67. The standard InChI is InChI=1S/C14H9N5O2S/c15-14-18-9-6-16-12-10(7-17-13(12)11(9)19-14)22(20,21)8-4-2-1-3-5-8/h1-7,15,17H. The Labute approximate surface area is 124 Å². The monoisotopic (exact) mass is 311 g/mol. The van der Waals surface area contributed by atoms with Gasteiger partial charge in [-0.3, -0.25) is 10.4 Å². The first-order chi connectivity index (χ1) is 10.6. The molecule has 0 amide bonds. The van der Waals surface area contributed by atoms with Crippen molar-refractivity contribution in [2.24, 2.45) is 9.98 Å². The first-order valence-corrected chi connectivity index (χ1v) is 7.88. The van der Waals surface area contributed by atoms with Gasteiger partial charge in [-0.05, 0) is 12.1 Å². The van der Waals surface area contributed by atoms with Gasteiger partial charge in [0.2, 0.25) is 15.8 Å². The van der Waals surface area contributed by atoms with Crippen LogP contribution < -0.4 is 10.7 Å². The van der Waals surface area contributed by atoms with E-state index in [0.717, 1.165) is 0 Å². The number of fused-ring (bicyclic) bond motifs is 3. The van der Waals surface area contributed by atoms with Crippen LogP contribution in [0.4, 0.5) is 0 Å². The largest absolute Gasteiger partial charge is 0.357 e. The second kappa shape index (κ2) is 4.31. The van der Waals surface area contributed by atoms with Crippen molar-refractivity contribution in [3.8, 4) is 0 Å².